The average Bonchev–Trinajstić information content (AvgIpc) is 3.20. The fourth-order valence-corrected chi connectivity index (χ4v) is 4.34. The van der Waals surface area contributed by atoms with Crippen LogP contribution in [0.2, 0.25) is 0 Å². The minimum absolute atomic E-state index is 0.0771. The number of primary amides is 1. The normalized spacial score (nSPS) is 16.2. The van der Waals surface area contributed by atoms with Crippen molar-refractivity contribution < 1.29 is 9.53 Å². The quantitative estimate of drug-likeness (QED) is 0.432. The monoisotopic (exact) mass is 442 g/mol. The number of imidazole rings is 1. The van der Waals surface area contributed by atoms with Crippen LogP contribution in [0.1, 0.15) is 29.0 Å². The van der Waals surface area contributed by atoms with E-state index in [1.54, 1.807) is 0 Å². The molecule has 0 spiro atoms. The molecule has 5 rings (SSSR count). The molecule has 8 nitrogen and oxygen atoms in total. The Morgan fingerprint density at radius 1 is 1.09 bits per heavy atom. The third kappa shape index (κ3) is 4.12. The van der Waals surface area contributed by atoms with Gasteiger partial charge in [-0.2, -0.15) is 0 Å². The van der Waals surface area contributed by atoms with Crippen molar-refractivity contribution in [3.63, 3.8) is 0 Å². The summed E-state index contributed by atoms with van der Waals surface area (Å²) < 4.78 is 5.90. The van der Waals surface area contributed by atoms with Crippen LogP contribution in [0.3, 0.4) is 0 Å². The number of anilines is 1. The largest absolute Gasteiger partial charge is 0.457 e. The van der Waals surface area contributed by atoms with Gasteiger partial charge in [0.2, 0.25) is 0 Å². The number of amides is 1. The van der Waals surface area contributed by atoms with Gasteiger partial charge in [0.1, 0.15) is 28.4 Å². The van der Waals surface area contributed by atoms with Crippen LogP contribution in [-0.4, -0.2) is 40.0 Å². The van der Waals surface area contributed by atoms with E-state index in [1.807, 2.05) is 61.5 Å². The Morgan fingerprint density at radius 2 is 1.82 bits per heavy atom. The summed E-state index contributed by atoms with van der Waals surface area (Å²) >= 11 is 0. The second-order valence-corrected chi connectivity index (χ2v) is 8.36. The summed E-state index contributed by atoms with van der Waals surface area (Å²) in [4.78, 5) is 27.5. The minimum Gasteiger partial charge on any atom is -0.457 e. The number of carbonyl (C=O) groups excluding carboxylic acids is 1. The highest BCUT2D eigenvalue weighted by atomic mass is 16.5. The lowest BCUT2D eigenvalue weighted by atomic mass is 10.0. The van der Waals surface area contributed by atoms with Gasteiger partial charge >= 0.3 is 0 Å². The first-order valence-electron chi connectivity index (χ1n) is 11.0. The standard InChI is InChI=1S/C25H26N6O2/c1-15-28-22-20(24(27)32)21(30-25(23(22)29-15)31-13-5-6-17(26)14-31)16-9-11-19(12-10-16)33-18-7-3-2-4-8-18/h2-4,7-12,17H,5-6,13-14,26H2,1H3,(H2,27,32)(H,28,29)/t17-/m0/s1. The second-order valence-electron chi connectivity index (χ2n) is 8.36. The molecule has 1 aliphatic heterocycles. The van der Waals surface area contributed by atoms with Crippen LogP contribution in [0.5, 0.6) is 11.5 Å². The number of rotatable bonds is 5. The Balaban J connectivity index is 1.61. The molecule has 1 aliphatic rings. The number of hydrogen-bond acceptors (Lipinski definition) is 6. The number of piperidine rings is 1. The molecule has 2 aromatic heterocycles. The van der Waals surface area contributed by atoms with E-state index in [2.05, 4.69) is 14.9 Å². The number of para-hydroxylation sites is 1. The maximum atomic E-state index is 12.5. The molecule has 8 heteroatoms. The molecule has 2 aromatic carbocycles. The number of H-pyrrole nitrogens is 1. The van der Waals surface area contributed by atoms with Crippen molar-refractivity contribution in [3.8, 4) is 22.8 Å². The maximum Gasteiger partial charge on any atom is 0.253 e. The molecular formula is C25H26N6O2. The summed E-state index contributed by atoms with van der Waals surface area (Å²) in [6.45, 7) is 3.39. The molecule has 4 aromatic rings. The number of hydrogen-bond donors (Lipinski definition) is 3. The van der Waals surface area contributed by atoms with Crippen LogP contribution in [0, 0.1) is 6.92 Å². The van der Waals surface area contributed by atoms with Gasteiger partial charge in [0.15, 0.2) is 5.82 Å². The van der Waals surface area contributed by atoms with Crippen LogP contribution in [-0.2, 0) is 0 Å². The van der Waals surface area contributed by atoms with Gasteiger partial charge < -0.3 is 26.1 Å². The molecule has 1 fully saturated rings. The van der Waals surface area contributed by atoms with Crippen LogP contribution < -0.4 is 21.1 Å². The van der Waals surface area contributed by atoms with Crippen molar-refractivity contribution in [2.24, 2.45) is 11.5 Å². The molecule has 1 amide bonds. The Kier molecular flexibility index (Phi) is 5.43. The van der Waals surface area contributed by atoms with E-state index in [-0.39, 0.29) is 6.04 Å². The van der Waals surface area contributed by atoms with Gasteiger partial charge in [-0.15, -0.1) is 0 Å². The molecule has 0 aliphatic carbocycles. The number of aromatic nitrogens is 3. The van der Waals surface area contributed by atoms with Gasteiger partial charge in [-0.05, 0) is 56.2 Å². The van der Waals surface area contributed by atoms with E-state index in [4.69, 9.17) is 21.2 Å². The van der Waals surface area contributed by atoms with Crippen molar-refractivity contribution in [2.45, 2.75) is 25.8 Å². The van der Waals surface area contributed by atoms with E-state index < -0.39 is 5.91 Å². The number of nitrogens with two attached hydrogens (primary N) is 2. The molecule has 33 heavy (non-hydrogen) atoms. The first-order chi connectivity index (χ1) is 16.0. The predicted molar refractivity (Wildman–Crippen MR) is 129 cm³/mol. The molecule has 1 atom stereocenters. The number of nitrogens with zero attached hydrogens (tertiary/aromatic N) is 3. The van der Waals surface area contributed by atoms with Gasteiger partial charge in [-0.25, -0.2) is 9.97 Å². The van der Waals surface area contributed by atoms with E-state index in [1.165, 1.54) is 0 Å². The van der Waals surface area contributed by atoms with Gasteiger partial charge in [-0.1, -0.05) is 18.2 Å². The highest BCUT2D eigenvalue weighted by Gasteiger charge is 2.26. The molecular weight excluding hydrogens is 416 g/mol. The molecule has 3 heterocycles. The van der Waals surface area contributed by atoms with Crippen molar-refractivity contribution in [1.82, 2.24) is 15.0 Å². The number of pyridine rings is 1. The third-order valence-corrected chi connectivity index (χ3v) is 5.85. The van der Waals surface area contributed by atoms with Crippen LogP contribution in [0.15, 0.2) is 54.6 Å². The first kappa shape index (κ1) is 21.0. The molecule has 0 radical (unpaired) electrons. The van der Waals surface area contributed by atoms with Crippen LogP contribution in [0.25, 0.3) is 22.3 Å². The summed E-state index contributed by atoms with van der Waals surface area (Å²) in [5.41, 5.74) is 14.9. The van der Waals surface area contributed by atoms with E-state index in [9.17, 15) is 4.79 Å². The van der Waals surface area contributed by atoms with Crippen molar-refractivity contribution in [3.05, 3.63) is 66.0 Å². The zero-order chi connectivity index (χ0) is 22.9. The van der Waals surface area contributed by atoms with Gasteiger partial charge in [0.25, 0.3) is 5.91 Å². The molecule has 168 valence electrons. The van der Waals surface area contributed by atoms with Crippen molar-refractivity contribution in [2.75, 3.05) is 18.0 Å². The Morgan fingerprint density at radius 3 is 2.52 bits per heavy atom. The maximum absolute atomic E-state index is 12.5. The first-order valence-corrected chi connectivity index (χ1v) is 11.0. The number of fused-ring (bicyclic) bond motifs is 1. The topological polar surface area (TPSA) is 123 Å². The summed E-state index contributed by atoms with van der Waals surface area (Å²) in [6, 6.07) is 17.1. The predicted octanol–water partition coefficient (Wildman–Crippen LogP) is 3.75. The highest BCUT2D eigenvalue weighted by molar-refractivity contribution is 6.11. The lowest BCUT2D eigenvalue weighted by Crippen LogP contribution is -2.43. The zero-order valence-electron chi connectivity index (χ0n) is 18.4. The molecule has 0 unspecified atom stereocenters. The lowest BCUT2D eigenvalue weighted by Gasteiger charge is -2.32. The number of ether oxygens (including phenoxy) is 1. The Labute approximate surface area is 191 Å². The van der Waals surface area contributed by atoms with Gasteiger partial charge in [-0.3, -0.25) is 4.79 Å². The van der Waals surface area contributed by atoms with Gasteiger partial charge in [0, 0.05) is 24.7 Å². The fourth-order valence-electron chi connectivity index (χ4n) is 4.34. The van der Waals surface area contributed by atoms with Crippen LogP contribution in [0.4, 0.5) is 5.82 Å². The number of nitrogens with one attached hydrogen (secondary N) is 1. The number of aryl methyl sites for hydroxylation is 1. The van der Waals surface area contributed by atoms with E-state index in [0.717, 1.165) is 36.5 Å². The van der Waals surface area contributed by atoms with Crippen molar-refractivity contribution in [1.29, 1.82) is 0 Å². The summed E-state index contributed by atoms with van der Waals surface area (Å²) in [6.07, 6.45) is 1.96. The number of carbonyl (C=O) groups is 1. The fraction of sp³-hybridized carbons (Fsp3) is 0.240. The average molecular weight is 443 g/mol. The molecule has 5 N–H and O–H groups in total. The summed E-state index contributed by atoms with van der Waals surface area (Å²) in [5.74, 6) is 2.30. The van der Waals surface area contributed by atoms with Crippen molar-refractivity contribution >= 4 is 22.8 Å². The highest BCUT2D eigenvalue weighted by Crippen LogP contribution is 2.35. The SMILES string of the molecule is Cc1nc2c(C(N)=O)c(-c3ccc(Oc4ccccc4)cc3)nc(N3CCC[C@H](N)C3)c2[nH]1. The summed E-state index contributed by atoms with van der Waals surface area (Å²) in [7, 11) is 0. The Hall–Kier alpha value is -3.91. The molecule has 0 saturated carbocycles. The van der Waals surface area contributed by atoms with Gasteiger partial charge in [0.05, 0.1) is 11.3 Å². The third-order valence-electron chi connectivity index (χ3n) is 5.85. The minimum atomic E-state index is -0.569. The summed E-state index contributed by atoms with van der Waals surface area (Å²) in [5, 5.41) is 0. The van der Waals surface area contributed by atoms with E-state index in [0.29, 0.717) is 40.4 Å². The Bertz CT molecular complexity index is 1300. The number of aromatic amines is 1. The smallest absolute Gasteiger partial charge is 0.253 e. The second kappa shape index (κ2) is 8.55. The number of benzene rings is 2. The molecule has 0 bridgehead atoms. The van der Waals surface area contributed by atoms with E-state index >= 15 is 0 Å². The lowest BCUT2D eigenvalue weighted by molar-refractivity contribution is 0.100. The molecule has 1 saturated heterocycles. The zero-order valence-corrected chi connectivity index (χ0v) is 18.4. The van der Waals surface area contributed by atoms with Crippen LogP contribution >= 0.6 is 0 Å².